The lowest BCUT2D eigenvalue weighted by atomic mass is 10.0. The van der Waals surface area contributed by atoms with Crippen molar-refractivity contribution in [2.24, 2.45) is 0 Å². The van der Waals surface area contributed by atoms with E-state index in [1.165, 1.54) is 47.7 Å². The molecule has 0 N–H and O–H groups in total. The van der Waals surface area contributed by atoms with Crippen molar-refractivity contribution in [2.75, 3.05) is 0 Å². The summed E-state index contributed by atoms with van der Waals surface area (Å²) >= 11 is 9.71. The van der Waals surface area contributed by atoms with E-state index in [-0.39, 0.29) is 0 Å². The lowest BCUT2D eigenvalue weighted by Crippen LogP contribution is -1.88. The summed E-state index contributed by atoms with van der Waals surface area (Å²) in [6.45, 7) is 63.8. The van der Waals surface area contributed by atoms with Gasteiger partial charge in [0.2, 0.25) is 0 Å². The van der Waals surface area contributed by atoms with Gasteiger partial charge in [-0.15, -0.1) is 68.0 Å². The van der Waals surface area contributed by atoms with E-state index in [1.54, 1.807) is 51.4 Å². The highest BCUT2D eigenvalue weighted by atomic mass is 32.1. The summed E-state index contributed by atoms with van der Waals surface area (Å²) in [6, 6.07) is 40.3. The van der Waals surface area contributed by atoms with E-state index in [0.717, 1.165) is 91.5 Å². The molecule has 0 aliphatic rings. The predicted octanol–water partition coefficient (Wildman–Crippen LogP) is 27.1. The Morgan fingerprint density at radius 1 is 0.318 bits per heavy atom. The highest BCUT2D eigenvalue weighted by Gasteiger charge is 2.13. The first kappa shape index (κ1) is 77.0. The Hall–Kier alpha value is -9.00. The maximum Gasteiger partial charge on any atom is 0.198 e. The van der Waals surface area contributed by atoms with Gasteiger partial charge in [-0.3, -0.25) is 0 Å². The van der Waals surface area contributed by atoms with Crippen LogP contribution in [-0.2, 0) is 0 Å². The van der Waals surface area contributed by atoms with Crippen LogP contribution in [0.4, 0.5) is 22.7 Å². The van der Waals surface area contributed by atoms with Crippen LogP contribution in [0.2, 0.25) is 0 Å². The van der Waals surface area contributed by atoms with Gasteiger partial charge in [-0.05, 0) is 164 Å². The van der Waals surface area contributed by atoms with E-state index in [1.807, 2.05) is 223 Å². The fourth-order valence-corrected chi connectivity index (χ4v) is 13.4. The summed E-state index contributed by atoms with van der Waals surface area (Å²) in [7, 11) is 0. The van der Waals surface area contributed by atoms with Crippen LogP contribution in [0.1, 0.15) is 139 Å². The lowest BCUT2D eigenvalue weighted by molar-refractivity contribution is 1.39. The summed E-state index contributed by atoms with van der Waals surface area (Å²) in [5.41, 5.74) is 11.8. The summed E-state index contributed by atoms with van der Waals surface area (Å²) < 4.78 is 6.59. The number of hydrogen-bond donors (Lipinski definition) is 0. The van der Waals surface area contributed by atoms with Crippen molar-refractivity contribution in [1.29, 1.82) is 21.0 Å². The smallest absolute Gasteiger partial charge is 0.198 e. The van der Waals surface area contributed by atoms with E-state index in [2.05, 4.69) is 68.8 Å². The molecule has 0 amide bonds. The number of rotatable bonds is 0. The number of hydrogen-bond acceptors (Lipinski definition) is 10. The number of benzene rings is 6. The number of thiophene rings is 6. The molecule has 0 fully saturated rings. The molecule has 14 heteroatoms. The van der Waals surface area contributed by atoms with Gasteiger partial charge in [0.1, 0.15) is 24.3 Å². The second-order valence-corrected chi connectivity index (χ2v) is 22.3. The molecule has 0 aliphatic carbocycles. The minimum absolute atomic E-state index is 0.502. The van der Waals surface area contributed by atoms with Gasteiger partial charge in [0.05, 0.1) is 57.9 Å². The summed E-state index contributed by atoms with van der Waals surface area (Å²) in [4.78, 5) is 14.0. The van der Waals surface area contributed by atoms with Crippen molar-refractivity contribution < 1.29 is 0 Å². The van der Waals surface area contributed by atoms with Crippen LogP contribution in [0.15, 0.2) is 129 Å². The number of fused-ring (bicyclic) bond motifs is 6. The highest BCUT2D eigenvalue weighted by Crippen LogP contribution is 2.37. The Morgan fingerprint density at radius 2 is 0.784 bits per heavy atom. The van der Waals surface area contributed by atoms with Gasteiger partial charge >= 0.3 is 0 Å². The SMILES string of the molecule is CC.CC.CC.CC.CC.CC.Cc1cc2ccsc2c(C#N)c1C#N.Cc1ccc2ccsc2c1C#N.[C-]#[N+]c1c(C)cc(C#N)c2sccc12.[C-]#[N+]c1c(C)ccc2sccc12.[C-]#[N+]c1cc(C)cc2sccc12.[C-]#[N+]c1ccc(C)c2sccc12. The van der Waals surface area contributed by atoms with E-state index >= 15 is 0 Å². The van der Waals surface area contributed by atoms with Crippen LogP contribution in [0.5, 0.6) is 0 Å². The van der Waals surface area contributed by atoms with Gasteiger partial charge in [0.15, 0.2) is 22.7 Å². The lowest BCUT2D eigenvalue weighted by Gasteiger charge is -2.00. The Balaban J connectivity index is 0.000000510. The fraction of sp³-hybridized carbons (Fsp3) is 0.243. The second kappa shape index (κ2) is 41.9. The Kier molecular flexibility index (Phi) is 36.7. The third kappa shape index (κ3) is 19.8. The maximum atomic E-state index is 9.00. The number of nitriles is 4. The zero-order chi connectivity index (χ0) is 66.5. The monoisotopic (exact) mass is 1270 g/mol. The average molecular weight is 1270 g/mol. The molecule has 12 aromatic rings. The van der Waals surface area contributed by atoms with Gasteiger partial charge in [-0.2, -0.15) is 21.0 Å². The molecule has 0 saturated carbocycles. The molecule has 88 heavy (non-hydrogen) atoms. The zero-order valence-corrected chi connectivity index (χ0v) is 58.6. The molecule has 448 valence electrons. The van der Waals surface area contributed by atoms with E-state index < -0.39 is 0 Å². The van der Waals surface area contributed by atoms with Gasteiger partial charge in [0, 0.05) is 18.8 Å². The topological polar surface area (TPSA) is 113 Å². The van der Waals surface area contributed by atoms with Crippen molar-refractivity contribution in [3.63, 3.8) is 0 Å². The molecule has 0 unspecified atom stereocenters. The van der Waals surface area contributed by atoms with Gasteiger partial charge in [-0.1, -0.05) is 155 Å². The summed E-state index contributed by atoms with van der Waals surface area (Å²) in [6.07, 6.45) is 0. The van der Waals surface area contributed by atoms with Crippen molar-refractivity contribution in [2.45, 2.75) is 125 Å². The zero-order valence-electron chi connectivity index (χ0n) is 53.7. The van der Waals surface area contributed by atoms with Crippen molar-refractivity contribution >= 4 is 151 Å². The average Bonchev–Trinajstić information content (AvgIpc) is 3.67. The minimum Gasteiger partial charge on any atom is -0.237 e. The predicted molar refractivity (Wildman–Crippen MR) is 391 cm³/mol. The minimum atomic E-state index is 0.502. The van der Waals surface area contributed by atoms with E-state index in [4.69, 9.17) is 47.3 Å². The molecule has 6 aromatic heterocycles. The first-order valence-corrected chi connectivity index (χ1v) is 34.1. The van der Waals surface area contributed by atoms with Crippen molar-refractivity contribution in [1.82, 2.24) is 0 Å². The van der Waals surface area contributed by atoms with E-state index in [9.17, 15) is 0 Å². The third-order valence-electron chi connectivity index (χ3n) is 11.9. The number of aryl methyl sites for hydroxylation is 6. The molecular weight excluding hydrogens is 1190 g/mol. The molecule has 6 aromatic carbocycles. The molecule has 8 nitrogen and oxygen atoms in total. The van der Waals surface area contributed by atoms with Crippen LogP contribution in [-0.4, -0.2) is 0 Å². The number of nitrogens with zero attached hydrogens (tertiary/aromatic N) is 8. The second-order valence-electron chi connectivity index (χ2n) is 16.8. The van der Waals surface area contributed by atoms with Gasteiger partial charge < -0.3 is 0 Å². The highest BCUT2D eigenvalue weighted by molar-refractivity contribution is 7.19. The Morgan fingerprint density at radius 3 is 1.35 bits per heavy atom. The molecule has 0 saturated heterocycles. The largest absolute Gasteiger partial charge is 0.237 e. The van der Waals surface area contributed by atoms with E-state index in [0.29, 0.717) is 22.4 Å². The van der Waals surface area contributed by atoms with Gasteiger partial charge in [0.25, 0.3) is 0 Å². The quantitative estimate of drug-likeness (QED) is 0.141. The molecule has 0 radical (unpaired) electrons. The molecule has 0 aliphatic heterocycles. The Labute approximate surface area is 547 Å². The van der Waals surface area contributed by atoms with Crippen LogP contribution >= 0.6 is 68.0 Å². The molecule has 12 rings (SSSR count). The van der Waals surface area contributed by atoms with Gasteiger partial charge in [-0.25, -0.2) is 19.4 Å². The van der Waals surface area contributed by atoms with Crippen LogP contribution < -0.4 is 0 Å². The first-order chi connectivity index (χ1) is 42.8. The first-order valence-electron chi connectivity index (χ1n) is 28.8. The summed E-state index contributed by atoms with van der Waals surface area (Å²) in [5.74, 6) is 0. The van der Waals surface area contributed by atoms with Crippen molar-refractivity contribution in [3.8, 4) is 24.3 Å². The van der Waals surface area contributed by atoms with Crippen molar-refractivity contribution in [3.05, 3.63) is 231 Å². The molecule has 6 heterocycles. The fourth-order valence-electron chi connectivity index (χ4n) is 8.12. The Bertz CT molecular complexity index is 4410. The third-order valence-corrected chi connectivity index (χ3v) is 17.5. The molecule has 0 atom stereocenters. The maximum absolute atomic E-state index is 9.00. The van der Waals surface area contributed by atoms with Crippen LogP contribution in [0, 0.1) is 113 Å². The summed E-state index contributed by atoms with van der Waals surface area (Å²) in [5, 5.41) is 54.1. The molecular formula is C74H76N8S6. The molecule has 0 spiro atoms. The van der Waals surface area contributed by atoms with Crippen LogP contribution in [0.3, 0.4) is 0 Å². The van der Waals surface area contributed by atoms with Crippen LogP contribution in [0.25, 0.3) is 79.9 Å². The standard InChI is InChI=1S/2C11H6N2S.4C10H7NS.6C2H6/c1-7-5-8(6-12)11-9(3-4-14-11)10(7)13-2;1-7-4-8-2-3-14-11(8)10(6-13)9(7)5-12;1-7-5-9(11-2)8-3-4-12-10(8)6-7;1-7-3-4-9-8(5-6-12-9)10(7)11-2;1-7-3-4-9(11-2)8-5-6-12-10(7)8;1-7-2-3-8-4-5-12-10(8)9(7)6-11;6*1-2/h3-5H,1H3;2-4H,1H3;3*3-6H,1H3;2-5H,1H3;6*1-2H3. The molecule has 0 bridgehead atoms. The normalized spacial score (nSPS) is 8.93.